The molecule has 0 spiro atoms. The molecule has 0 saturated heterocycles. The Hall–Kier alpha value is -2.63. The number of carboxylic acid groups (broad SMARTS) is 1. The predicted molar refractivity (Wildman–Crippen MR) is 68.5 cm³/mol. The summed E-state index contributed by atoms with van der Waals surface area (Å²) in [7, 11) is 0. The van der Waals surface area contributed by atoms with Crippen molar-refractivity contribution >= 4 is 11.7 Å². The van der Waals surface area contributed by atoms with E-state index in [-0.39, 0.29) is 23.6 Å². The van der Waals surface area contributed by atoms with Gasteiger partial charge in [0.1, 0.15) is 12.4 Å². The number of rotatable bonds is 4. The molecule has 0 aromatic heterocycles. The Bertz CT molecular complexity index is 659. The lowest BCUT2D eigenvalue weighted by atomic mass is 10.1. The molecule has 0 fully saturated rings. The fraction of sp³-hybridized carbons (Fsp3) is 0.0714. The first-order valence-electron chi connectivity index (χ1n) is 5.67. The van der Waals surface area contributed by atoms with Gasteiger partial charge in [-0.25, -0.2) is 13.6 Å². The van der Waals surface area contributed by atoms with E-state index < -0.39 is 17.6 Å². The van der Waals surface area contributed by atoms with Gasteiger partial charge in [0.05, 0.1) is 5.56 Å². The van der Waals surface area contributed by atoms with E-state index in [1.165, 1.54) is 12.1 Å². The molecule has 0 aliphatic rings. The number of anilines is 1. The van der Waals surface area contributed by atoms with Gasteiger partial charge in [-0.3, -0.25) is 0 Å². The molecule has 0 aliphatic carbocycles. The van der Waals surface area contributed by atoms with E-state index >= 15 is 0 Å². The Labute approximate surface area is 113 Å². The van der Waals surface area contributed by atoms with Gasteiger partial charge in [-0.2, -0.15) is 0 Å². The van der Waals surface area contributed by atoms with Gasteiger partial charge >= 0.3 is 5.97 Å². The lowest BCUT2D eigenvalue weighted by Gasteiger charge is -2.11. The van der Waals surface area contributed by atoms with E-state index in [0.29, 0.717) is 11.6 Å². The minimum atomic E-state index is -1.19. The number of benzene rings is 2. The number of nitrogens with two attached hydrogens (primary N) is 1. The molecule has 4 nitrogen and oxygen atoms in total. The normalized spacial score (nSPS) is 10.3. The van der Waals surface area contributed by atoms with E-state index in [2.05, 4.69) is 0 Å². The third-order valence-corrected chi connectivity index (χ3v) is 2.67. The number of ether oxygens (including phenoxy) is 1. The maximum atomic E-state index is 13.4. The van der Waals surface area contributed by atoms with E-state index in [0.717, 1.165) is 12.1 Å². The Morgan fingerprint density at radius 3 is 2.65 bits per heavy atom. The zero-order valence-electron chi connectivity index (χ0n) is 10.3. The minimum absolute atomic E-state index is 0.0879. The van der Waals surface area contributed by atoms with Gasteiger partial charge in [0.25, 0.3) is 0 Å². The van der Waals surface area contributed by atoms with Crippen molar-refractivity contribution in [1.29, 1.82) is 0 Å². The van der Waals surface area contributed by atoms with Gasteiger partial charge in [0.15, 0.2) is 11.6 Å². The molecule has 2 aromatic carbocycles. The number of halogens is 2. The highest BCUT2D eigenvalue weighted by atomic mass is 19.1. The fourth-order valence-corrected chi connectivity index (χ4v) is 1.75. The summed E-state index contributed by atoms with van der Waals surface area (Å²) >= 11 is 0. The fourth-order valence-electron chi connectivity index (χ4n) is 1.75. The van der Waals surface area contributed by atoms with Gasteiger partial charge in [0.2, 0.25) is 0 Å². The van der Waals surface area contributed by atoms with E-state index in [9.17, 15) is 13.6 Å². The Balaban J connectivity index is 2.23. The summed E-state index contributed by atoms with van der Waals surface area (Å²) in [6, 6.07) is 7.41. The highest BCUT2D eigenvalue weighted by molar-refractivity contribution is 5.95. The van der Waals surface area contributed by atoms with Crippen molar-refractivity contribution in [2.24, 2.45) is 0 Å². The zero-order chi connectivity index (χ0) is 14.7. The summed E-state index contributed by atoms with van der Waals surface area (Å²) in [4.78, 5) is 11.1. The van der Waals surface area contributed by atoms with Crippen LogP contribution in [0.5, 0.6) is 5.75 Å². The van der Waals surface area contributed by atoms with Crippen molar-refractivity contribution in [3.05, 3.63) is 59.2 Å². The van der Waals surface area contributed by atoms with Crippen molar-refractivity contribution in [3.8, 4) is 5.75 Å². The van der Waals surface area contributed by atoms with Crippen LogP contribution in [0.3, 0.4) is 0 Å². The summed E-state index contributed by atoms with van der Waals surface area (Å²) in [6.45, 7) is -0.185. The molecular weight excluding hydrogens is 268 g/mol. The maximum Gasteiger partial charge on any atom is 0.338 e. The van der Waals surface area contributed by atoms with Crippen LogP contribution in [0.15, 0.2) is 36.4 Å². The molecular formula is C14H11F2NO3. The number of hydrogen-bond acceptors (Lipinski definition) is 3. The van der Waals surface area contributed by atoms with Crippen molar-refractivity contribution in [3.63, 3.8) is 0 Å². The monoisotopic (exact) mass is 279 g/mol. The summed E-state index contributed by atoms with van der Waals surface area (Å²) in [6.07, 6.45) is 0. The predicted octanol–water partition coefficient (Wildman–Crippen LogP) is 2.82. The summed E-state index contributed by atoms with van der Waals surface area (Å²) in [5.74, 6) is -2.93. The zero-order valence-corrected chi connectivity index (χ0v) is 10.3. The number of hydrogen-bond donors (Lipinski definition) is 2. The van der Waals surface area contributed by atoms with Crippen LogP contribution in [0.4, 0.5) is 14.5 Å². The van der Waals surface area contributed by atoms with Crippen LogP contribution in [0.25, 0.3) is 0 Å². The largest absolute Gasteiger partial charge is 0.486 e. The number of carbonyl (C=O) groups is 1. The standard InChI is InChI=1S/C14H11F2NO3/c15-9-4-5-12(10(16)6-9)20-7-8-2-1-3-11(17)13(8)14(18)19/h1-6H,7,17H2,(H,18,19). The van der Waals surface area contributed by atoms with Gasteiger partial charge < -0.3 is 15.6 Å². The van der Waals surface area contributed by atoms with Crippen LogP contribution in [-0.2, 0) is 6.61 Å². The molecule has 0 bridgehead atoms. The first kappa shape index (κ1) is 13.8. The van der Waals surface area contributed by atoms with Gasteiger partial charge in [-0.15, -0.1) is 0 Å². The minimum Gasteiger partial charge on any atom is -0.486 e. The van der Waals surface area contributed by atoms with Gasteiger partial charge in [-0.1, -0.05) is 12.1 Å². The molecule has 0 amide bonds. The topological polar surface area (TPSA) is 72.5 Å². The number of nitrogen functional groups attached to an aromatic ring is 1. The molecule has 2 rings (SSSR count). The Morgan fingerprint density at radius 2 is 2.00 bits per heavy atom. The first-order valence-corrected chi connectivity index (χ1v) is 5.67. The molecule has 0 aliphatic heterocycles. The molecule has 0 heterocycles. The van der Waals surface area contributed by atoms with E-state index in [1.54, 1.807) is 6.07 Å². The molecule has 6 heteroatoms. The molecule has 2 aromatic rings. The summed E-state index contributed by atoms with van der Waals surface area (Å²) in [5, 5.41) is 9.08. The number of aromatic carboxylic acids is 1. The average Bonchev–Trinajstić information content (AvgIpc) is 2.37. The lowest BCUT2D eigenvalue weighted by molar-refractivity contribution is 0.0695. The quantitative estimate of drug-likeness (QED) is 0.844. The second kappa shape index (κ2) is 5.56. The third-order valence-electron chi connectivity index (χ3n) is 2.67. The van der Waals surface area contributed by atoms with Crippen molar-refractivity contribution < 1.29 is 23.4 Å². The molecule has 20 heavy (non-hydrogen) atoms. The Morgan fingerprint density at radius 1 is 1.25 bits per heavy atom. The number of carboxylic acids is 1. The van der Waals surface area contributed by atoms with E-state index in [4.69, 9.17) is 15.6 Å². The molecule has 104 valence electrons. The SMILES string of the molecule is Nc1cccc(COc2ccc(F)cc2F)c1C(=O)O. The maximum absolute atomic E-state index is 13.4. The lowest BCUT2D eigenvalue weighted by Crippen LogP contribution is -2.09. The second-order valence-electron chi connectivity index (χ2n) is 4.05. The molecule has 0 atom stereocenters. The molecule has 0 saturated carbocycles. The van der Waals surface area contributed by atoms with Crippen LogP contribution < -0.4 is 10.5 Å². The second-order valence-corrected chi connectivity index (χ2v) is 4.05. The Kier molecular flexibility index (Phi) is 3.84. The van der Waals surface area contributed by atoms with Crippen LogP contribution >= 0.6 is 0 Å². The van der Waals surface area contributed by atoms with Crippen LogP contribution in [0, 0.1) is 11.6 Å². The van der Waals surface area contributed by atoms with Crippen LogP contribution in [-0.4, -0.2) is 11.1 Å². The first-order chi connectivity index (χ1) is 9.49. The summed E-state index contributed by atoms with van der Waals surface area (Å²) in [5.41, 5.74) is 5.90. The molecule has 0 unspecified atom stereocenters. The highest BCUT2D eigenvalue weighted by Gasteiger charge is 2.14. The van der Waals surface area contributed by atoms with Gasteiger partial charge in [0, 0.05) is 17.3 Å². The third kappa shape index (κ3) is 2.85. The van der Waals surface area contributed by atoms with Gasteiger partial charge in [-0.05, 0) is 18.2 Å². The van der Waals surface area contributed by atoms with Crippen molar-refractivity contribution in [2.75, 3.05) is 5.73 Å². The highest BCUT2D eigenvalue weighted by Crippen LogP contribution is 2.22. The smallest absolute Gasteiger partial charge is 0.338 e. The van der Waals surface area contributed by atoms with Crippen LogP contribution in [0.2, 0.25) is 0 Å². The molecule has 3 N–H and O–H groups in total. The summed E-state index contributed by atoms with van der Waals surface area (Å²) < 4.78 is 31.3. The van der Waals surface area contributed by atoms with Crippen molar-refractivity contribution in [1.82, 2.24) is 0 Å². The van der Waals surface area contributed by atoms with Crippen molar-refractivity contribution in [2.45, 2.75) is 6.61 Å². The van der Waals surface area contributed by atoms with Crippen LogP contribution in [0.1, 0.15) is 15.9 Å². The average molecular weight is 279 g/mol. The molecule has 0 radical (unpaired) electrons. The van der Waals surface area contributed by atoms with E-state index in [1.807, 2.05) is 0 Å².